The van der Waals surface area contributed by atoms with Crippen LogP contribution in [0.15, 0.2) is 18.3 Å². The van der Waals surface area contributed by atoms with Crippen molar-refractivity contribution >= 4 is 11.6 Å². The van der Waals surface area contributed by atoms with E-state index in [4.69, 9.17) is 4.74 Å². The fourth-order valence-electron chi connectivity index (χ4n) is 1.67. The molecule has 0 aliphatic rings. The fraction of sp³-hybridized carbons (Fsp3) is 0.417. The first-order valence-corrected chi connectivity index (χ1v) is 5.98. The summed E-state index contributed by atoms with van der Waals surface area (Å²) in [6.45, 7) is 1.04. The predicted octanol–water partition coefficient (Wildman–Crippen LogP) is 1.01. The molecule has 0 bridgehead atoms. The van der Waals surface area contributed by atoms with E-state index in [2.05, 4.69) is 25.7 Å². The molecule has 7 nitrogen and oxygen atoms in total. The first-order chi connectivity index (χ1) is 9.22. The van der Waals surface area contributed by atoms with Gasteiger partial charge in [0.2, 0.25) is 0 Å². The number of nitrogens with zero attached hydrogens (tertiary/aromatic N) is 4. The summed E-state index contributed by atoms with van der Waals surface area (Å²) in [7, 11) is 5.36. The smallest absolute Gasteiger partial charge is 0.158 e. The number of aromatic nitrogens is 4. The van der Waals surface area contributed by atoms with Crippen molar-refractivity contribution in [1.82, 2.24) is 19.7 Å². The minimum Gasteiger partial charge on any atom is -0.377 e. The van der Waals surface area contributed by atoms with Gasteiger partial charge in [0.05, 0.1) is 12.2 Å². The van der Waals surface area contributed by atoms with Crippen molar-refractivity contribution in [2.45, 2.75) is 13.2 Å². The van der Waals surface area contributed by atoms with Crippen LogP contribution in [-0.4, -0.2) is 33.9 Å². The second-order valence-electron chi connectivity index (χ2n) is 4.04. The maximum Gasteiger partial charge on any atom is 0.158 e. The van der Waals surface area contributed by atoms with E-state index < -0.39 is 0 Å². The van der Waals surface area contributed by atoms with Crippen LogP contribution in [0.5, 0.6) is 0 Å². The average molecular weight is 262 g/mol. The van der Waals surface area contributed by atoms with Crippen molar-refractivity contribution in [3.05, 3.63) is 29.8 Å². The lowest BCUT2D eigenvalue weighted by atomic mass is 10.4. The van der Waals surface area contributed by atoms with Crippen LogP contribution < -0.4 is 10.6 Å². The molecule has 2 rings (SSSR count). The van der Waals surface area contributed by atoms with Crippen LogP contribution in [0.1, 0.15) is 11.5 Å². The minimum atomic E-state index is 0.385. The fourth-order valence-corrected chi connectivity index (χ4v) is 1.67. The molecule has 0 unspecified atom stereocenters. The Labute approximate surface area is 112 Å². The summed E-state index contributed by atoms with van der Waals surface area (Å²) >= 11 is 0. The lowest BCUT2D eigenvalue weighted by Crippen LogP contribution is -2.09. The molecule has 0 aliphatic heterocycles. The summed E-state index contributed by atoms with van der Waals surface area (Å²) < 4.78 is 6.88. The Morgan fingerprint density at radius 1 is 1.32 bits per heavy atom. The second kappa shape index (κ2) is 6.14. The van der Waals surface area contributed by atoms with Crippen LogP contribution in [0.25, 0.3) is 0 Å². The molecular formula is C12H18N6O. The van der Waals surface area contributed by atoms with E-state index in [0.717, 1.165) is 17.3 Å². The first kappa shape index (κ1) is 13.3. The van der Waals surface area contributed by atoms with Crippen molar-refractivity contribution in [3.63, 3.8) is 0 Å². The SMILES string of the molecule is CNc1cc(NCc2ccnn2C)nc(COC)n1. The van der Waals surface area contributed by atoms with Gasteiger partial charge in [-0.25, -0.2) is 9.97 Å². The summed E-state index contributed by atoms with van der Waals surface area (Å²) in [6, 6.07) is 3.82. The largest absolute Gasteiger partial charge is 0.377 e. The molecule has 2 N–H and O–H groups in total. The average Bonchev–Trinajstić information content (AvgIpc) is 2.82. The highest BCUT2D eigenvalue weighted by Gasteiger charge is 2.04. The van der Waals surface area contributed by atoms with E-state index in [1.807, 2.05) is 30.9 Å². The third-order valence-electron chi connectivity index (χ3n) is 2.68. The van der Waals surface area contributed by atoms with Gasteiger partial charge >= 0.3 is 0 Å². The molecule has 2 heterocycles. The molecule has 2 aromatic heterocycles. The molecule has 0 aromatic carbocycles. The van der Waals surface area contributed by atoms with Gasteiger partial charge in [0.15, 0.2) is 5.82 Å². The second-order valence-corrected chi connectivity index (χ2v) is 4.04. The van der Waals surface area contributed by atoms with Gasteiger partial charge in [0.1, 0.15) is 18.2 Å². The third kappa shape index (κ3) is 3.41. The summed E-state index contributed by atoms with van der Waals surface area (Å²) in [5.74, 6) is 2.16. The normalized spacial score (nSPS) is 10.5. The van der Waals surface area contributed by atoms with Gasteiger partial charge in [-0.2, -0.15) is 5.10 Å². The van der Waals surface area contributed by atoms with E-state index in [-0.39, 0.29) is 0 Å². The van der Waals surface area contributed by atoms with Crippen LogP contribution in [0, 0.1) is 0 Å². The maximum absolute atomic E-state index is 5.06. The molecule has 0 saturated carbocycles. The Hall–Kier alpha value is -2.15. The highest BCUT2D eigenvalue weighted by molar-refractivity contribution is 5.47. The predicted molar refractivity (Wildman–Crippen MR) is 72.8 cm³/mol. The maximum atomic E-state index is 5.06. The van der Waals surface area contributed by atoms with Crippen LogP contribution in [0.4, 0.5) is 11.6 Å². The van der Waals surface area contributed by atoms with Crippen LogP contribution in [0.3, 0.4) is 0 Å². The number of nitrogens with one attached hydrogen (secondary N) is 2. The number of anilines is 2. The van der Waals surface area contributed by atoms with E-state index in [1.165, 1.54) is 0 Å². The van der Waals surface area contributed by atoms with Gasteiger partial charge in [-0.15, -0.1) is 0 Å². The Morgan fingerprint density at radius 3 is 2.74 bits per heavy atom. The number of ether oxygens (including phenoxy) is 1. The number of aryl methyl sites for hydroxylation is 1. The Kier molecular flexibility index (Phi) is 4.30. The van der Waals surface area contributed by atoms with E-state index in [0.29, 0.717) is 19.0 Å². The summed E-state index contributed by atoms with van der Waals surface area (Å²) in [5.41, 5.74) is 1.08. The Morgan fingerprint density at radius 2 is 2.11 bits per heavy atom. The molecule has 0 spiro atoms. The van der Waals surface area contributed by atoms with Crippen molar-refractivity contribution in [3.8, 4) is 0 Å². The molecular weight excluding hydrogens is 244 g/mol. The molecule has 0 radical (unpaired) electrons. The molecule has 19 heavy (non-hydrogen) atoms. The number of hydrogen-bond donors (Lipinski definition) is 2. The Bertz CT molecular complexity index is 539. The quantitative estimate of drug-likeness (QED) is 0.809. The molecule has 0 fully saturated rings. The van der Waals surface area contributed by atoms with Gasteiger partial charge in [-0.3, -0.25) is 4.68 Å². The molecule has 0 amide bonds. The van der Waals surface area contributed by atoms with Gasteiger partial charge in [-0.05, 0) is 6.07 Å². The van der Waals surface area contributed by atoms with E-state index in [9.17, 15) is 0 Å². The van der Waals surface area contributed by atoms with Crippen LogP contribution in [-0.2, 0) is 24.9 Å². The molecule has 0 atom stereocenters. The molecule has 0 saturated heterocycles. The molecule has 7 heteroatoms. The molecule has 0 aliphatic carbocycles. The minimum absolute atomic E-state index is 0.385. The van der Waals surface area contributed by atoms with Gasteiger partial charge < -0.3 is 15.4 Å². The van der Waals surface area contributed by atoms with Crippen molar-refractivity contribution < 1.29 is 4.74 Å². The van der Waals surface area contributed by atoms with Crippen LogP contribution in [0.2, 0.25) is 0 Å². The molecule has 2 aromatic rings. The zero-order valence-electron chi connectivity index (χ0n) is 11.3. The third-order valence-corrected chi connectivity index (χ3v) is 2.68. The van der Waals surface area contributed by atoms with Crippen LogP contribution >= 0.6 is 0 Å². The van der Waals surface area contributed by atoms with Gasteiger partial charge in [0, 0.05) is 33.5 Å². The van der Waals surface area contributed by atoms with E-state index in [1.54, 1.807) is 13.3 Å². The van der Waals surface area contributed by atoms with Crippen molar-refractivity contribution in [2.75, 3.05) is 24.8 Å². The Balaban J connectivity index is 2.10. The van der Waals surface area contributed by atoms with Gasteiger partial charge in [-0.1, -0.05) is 0 Å². The highest BCUT2D eigenvalue weighted by atomic mass is 16.5. The summed E-state index contributed by atoms with van der Waals surface area (Å²) in [6.07, 6.45) is 1.77. The van der Waals surface area contributed by atoms with Gasteiger partial charge in [0.25, 0.3) is 0 Å². The highest BCUT2D eigenvalue weighted by Crippen LogP contribution is 2.12. The zero-order valence-corrected chi connectivity index (χ0v) is 11.3. The van der Waals surface area contributed by atoms with E-state index >= 15 is 0 Å². The van der Waals surface area contributed by atoms with Crippen molar-refractivity contribution in [1.29, 1.82) is 0 Å². The number of methoxy groups -OCH3 is 1. The first-order valence-electron chi connectivity index (χ1n) is 5.98. The number of rotatable bonds is 6. The molecule has 102 valence electrons. The lowest BCUT2D eigenvalue weighted by Gasteiger charge is -2.09. The standard InChI is InChI=1S/C12H18N6O/c1-13-10-6-11(17-12(16-10)8-19-3)14-7-9-4-5-15-18(9)2/h4-6H,7-8H2,1-3H3,(H2,13,14,16,17). The number of hydrogen-bond acceptors (Lipinski definition) is 6. The zero-order chi connectivity index (χ0) is 13.7. The lowest BCUT2D eigenvalue weighted by molar-refractivity contribution is 0.178. The van der Waals surface area contributed by atoms with Crippen molar-refractivity contribution in [2.24, 2.45) is 7.05 Å². The monoisotopic (exact) mass is 262 g/mol. The summed E-state index contributed by atoms with van der Waals surface area (Å²) in [5, 5.41) is 10.4. The summed E-state index contributed by atoms with van der Waals surface area (Å²) in [4.78, 5) is 8.68. The topological polar surface area (TPSA) is 76.9 Å².